The van der Waals surface area contributed by atoms with Crippen molar-refractivity contribution in [1.82, 2.24) is 4.90 Å². The van der Waals surface area contributed by atoms with Gasteiger partial charge in [-0.25, -0.2) is 0 Å². The number of alkyl halides is 1. The van der Waals surface area contributed by atoms with Gasteiger partial charge in [0.2, 0.25) is 0 Å². The van der Waals surface area contributed by atoms with E-state index in [-0.39, 0.29) is 0 Å². The largest absolute Gasteiger partial charge is 0.494 e. The molecule has 19 heavy (non-hydrogen) atoms. The number of para-hydroxylation sites is 1. The molecule has 0 saturated carbocycles. The van der Waals surface area contributed by atoms with Crippen LogP contribution in [0.2, 0.25) is 0 Å². The minimum Gasteiger partial charge on any atom is -0.494 e. The van der Waals surface area contributed by atoms with Gasteiger partial charge in [-0.2, -0.15) is 0 Å². The highest BCUT2D eigenvalue weighted by Crippen LogP contribution is 2.20. The Balaban J connectivity index is 1.60. The van der Waals surface area contributed by atoms with Gasteiger partial charge in [-0.1, -0.05) is 18.2 Å². The van der Waals surface area contributed by atoms with Crippen molar-refractivity contribution >= 4 is 11.6 Å². The SMILES string of the molecule is ClCCC1CCCN(CCCOc2ccccc2)C1. The monoisotopic (exact) mass is 281 g/mol. The maximum atomic E-state index is 5.84. The lowest BCUT2D eigenvalue weighted by molar-refractivity contribution is 0.160. The van der Waals surface area contributed by atoms with Crippen LogP contribution in [0.3, 0.4) is 0 Å². The van der Waals surface area contributed by atoms with E-state index in [1.165, 1.54) is 32.4 Å². The van der Waals surface area contributed by atoms with Crippen LogP contribution in [0.1, 0.15) is 25.7 Å². The van der Waals surface area contributed by atoms with E-state index in [0.29, 0.717) is 0 Å². The second-order valence-electron chi connectivity index (χ2n) is 5.30. The van der Waals surface area contributed by atoms with Crippen molar-refractivity contribution < 1.29 is 4.74 Å². The summed E-state index contributed by atoms with van der Waals surface area (Å²) in [6, 6.07) is 10.1. The summed E-state index contributed by atoms with van der Waals surface area (Å²) in [5.74, 6) is 2.58. The number of hydrogen-bond acceptors (Lipinski definition) is 2. The highest BCUT2D eigenvalue weighted by molar-refractivity contribution is 6.17. The second kappa shape index (κ2) is 8.44. The summed E-state index contributed by atoms with van der Waals surface area (Å²) in [4.78, 5) is 2.56. The maximum Gasteiger partial charge on any atom is 0.119 e. The Morgan fingerprint density at radius 3 is 2.89 bits per heavy atom. The first-order valence-corrected chi connectivity index (χ1v) is 7.88. The van der Waals surface area contributed by atoms with Gasteiger partial charge in [-0.05, 0) is 50.3 Å². The van der Waals surface area contributed by atoms with Crippen molar-refractivity contribution in [3.05, 3.63) is 30.3 Å². The second-order valence-corrected chi connectivity index (χ2v) is 5.68. The first kappa shape index (κ1) is 14.7. The summed E-state index contributed by atoms with van der Waals surface area (Å²) in [7, 11) is 0. The van der Waals surface area contributed by atoms with Gasteiger partial charge in [0.05, 0.1) is 6.61 Å². The highest BCUT2D eigenvalue weighted by atomic mass is 35.5. The van der Waals surface area contributed by atoms with Crippen molar-refractivity contribution in [1.29, 1.82) is 0 Å². The van der Waals surface area contributed by atoms with Gasteiger partial charge in [-0.15, -0.1) is 11.6 Å². The smallest absolute Gasteiger partial charge is 0.119 e. The van der Waals surface area contributed by atoms with Crippen LogP contribution in [0.15, 0.2) is 30.3 Å². The van der Waals surface area contributed by atoms with Crippen LogP contribution in [0.4, 0.5) is 0 Å². The number of ether oxygens (including phenoxy) is 1. The molecule has 0 radical (unpaired) electrons. The molecule has 0 bridgehead atoms. The van der Waals surface area contributed by atoms with Crippen LogP contribution in [0.25, 0.3) is 0 Å². The average Bonchev–Trinajstić information content (AvgIpc) is 2.46. The van der Waals surface area contributed by atoms with Gasteiger partial charge in [-0.3, -0.25) is 0 Å². The lowest BCUT2D eigenvalue weighted by Crippen LogP contribution is -2.36. The zero-order valence-electron chi connectivity index (χ0n) is 11.6. The summed E-state index contributed by atoms with van der Waals surface area (Å²) in [6.07, 6.45) is 4.94. The van der Waals surface area contributed by atoms with Crippen molar-refractivity contribution in [2.45, 2.75) is 25.7 Å². The van der Waals surface area contributed by atoms with Crippen LogP contribution >= 0.6 is 11.6 Å². The first-order chi connectivity index (χ1) is 9.38. The fourth-order valence-electron chi connectivity index (χ4n) is 2.74. The highest BCUT2D eigenvalue weighted by Gasteiger charge is 2.18. The van der Waals surface area contributed by atoms with E-state index in [0.717, 1.165) is 37.1 Å². The molecule has 0 aromatic heterocycles. The number of piperidine rings is 1. The molecule has 0 aliphatic carbocycles. The lowest BCUT2D eigenvalue weighted by Gasteiger charge is -2.32. The molecule has 1 aromatic rings. The van der Waals surface area contributed by atoms with E-state index in [1.807, 2.05) is 30.3 Å². The number of hydrogen-bond donors (Lipinski definition) is 0. The molecule has 1 saturated heterocycles. The summed E-state index contributed by atoms with van der Waals surface area (Å²) in [6.45, 7) is 4.41. The van der Waals surface area contributed by atoms with E-state index >= 15 is 0 Å². The Bertz CT molecular complexity index is 342. The normalized spacial score (nSPS) is 20.4. The Kier molecular flexibility index (Phi) is 6.52. The molecule has 1 aromatic carbocycles. The van der Waals surface area contributed by atoms with E-state index in [9.17, 15) is 0 Å². The molecule has 3 heteroatoms. The zero-order valence-corrected chi connectivity index (χ0v) is 12.3. The third-order valence-corrected chi connectivity index (χ3v) is 3.97. The molecule has 0 amide bonds. The van der Waals surface area contributed by atoms with E-state index < -0.39 is 0 Å². The Labute approximate surface area is 121 Å². The fourth-order valence-corrected chi connectivity index (χ4v) is 3.05. The predicted octanol–water partition coefficient (Wildman–Crippen LogP) is 3.80. The van der Waals surface area contributed by atoms with Crippen LogP contribution < -0.4 is 4.74 Å². The van der Waals surface area contributed by atoms with E-state index in [4.69, 9.17) is 16.3 Å². The molecule has 1 fully saturated rings. The van der Waals surface area contributed by atoms with Gasteiger partial charge in [0.1, 0.15) is 5.75 Å². The maximum absolute atomic E-state index is 5.84. The molecular formula is C16H24ClNO. The molecule has 1 aliphatic heterocycles. The Morgan fingerprint density at radius 1 is 1.26 bits per heavy atom. The predicted molar refractivity (Wildman–Crippen MR) is 81.1 cm³/mol. The number of benzene rings is 1. The third kappa shape index (κ3) is 5.42. The van der Waals surface area contributed by atoms with Crippen molar-refractivity contribution in [2.24, 2.45) is 5.92 Å². The molecule has 0 N–H and O–H groups in total. The van der Waals surface area contributed by atoms with Gasteiger partial charge in [0.15, 0.2) is 0 Å². The van der Waals surface area contributed by atoms with Crippen LogP contribution in [0, 0.1) is 5.92 Å². The third-order valence-electron chi connectivity index (χ3n) is 3.75. The Hall–Kier alpha value is -0.730. The number of likely N-dealkylation sites (tertiary alicyclic amines) is 1. The van der Waals surface area contributed by atoms with Crippen LogP contribution in [0.5, 0.6) is 5.75 Å². The van der Waals surface area contributed by atoms with E-state index in [2.05, 4.69) is 4.90 Å². The molecule has 1 unspecified atom stereocenters. The number of halogens is 1. The quantitative estimate of drug-likeness (QED) is 0.557. The van der Waals surface area contributed by atoms with Crippen LogP contribution in [-0.4, -0.2) is 37.0 Å². The topological polar surface area (TPSA) is 12.5 Å². The summed E-state index contributed by atoms with van der Waals surface area (Å²) in [5, 5.41) is 0. The molecule has 2 nitrogen and oxygen atoms in total. The summed E-state index contributed by atoms with van der Waals surface area (Å²) in [5.41, 5.74) is 0. The molecule has 1 atom stereocenters. The summed E-state index contributed by atoms with van der Waals surface area (Å²) < 4.78 is 5.72. The lowest BCUT2D eigenvalue weighted by atomic mass is 9.95. The molecule has 2 rings (SSSR count). The minimum atomic E-state index is 0.801. The minimum absolute atomic E-state index is 0.801. The number of nitrogens with zero attached hydrogens (tertiary/aromatic N) is 1. The summed E-state index contributed by atoms with van der Waals surface area (Å²) >= 11 is 5.84. The fraction of sp³-hybridized carbons (Fsp3) is 0.625. The van der Waals surface area contributed by atoms with Gasteiger partial charge in [0.25, 0.3) is 0 Å². The number of rotatable bonds is 7. The van der Waals surface area contributed by atoms with Crippen molar-refractivity contribution in [3.8, 4) is 5.75 Å². The standard InChI is InChI=1S/C16H24ClNO/c17-10-9-15-6-4-11-18(14-15)12-5-13-19-16-7-2-1-3-8-16/h1-3,7-8,15H,4-6,9-14H2. The Morgan fingerprint density at radius 2 is 2.11 bits per heavy atom. The van der Waals surface area contributed by atoms with E-state index in [1.54, 1.807) is 0 Å². The molecular weight excluding hydrogens is 258 g/mol. The van der Waals surface area contributed by atoms with Crippen molar-refractivity contribution in [2.75, 3.05) is 32.1 Å². The average molecular weight is 282 g/mol. The molecule has 1 heterocycles. The molecule has 1 aliphatic rings. The molecule has 106 valence electrons. The van der Waals surface area contributed by atoms with Crippen molar-refractivity contribution in [3.63, 3.8) is 0 Å². The van der Waals surface area contributed by atoms with Gasteiger partial charge in [0, 0.05) is 19.0 Å². The molecule has 0 spiro atoms. The van der Waals surface area contributed by atoms with Crippen LogP contribution in [-0.2, 0) is 0 Å². The van der Waals surface area contributed by atoms with Gasteiger partial charge < -0.3 is 9.64 Å². The first-order valence-electron chi connectivity index (χ1n) is 7.34. The zero-order chi connectivity index (χ0) is 13.3. The van der Waals surface area contributed by atoms with Gasteiger partial charge >= 0.3 is 0 Å².